The van der Waals surface area contributed by atoms with Crippen LogP contribution in [0, 0.1) is 5.41 Å². The van der Waals surface area contributed by atoms with E-state index in [9.17, 15) is 9.90 Å². The number of anilines is 1. The van der Waals surface area contributed by atoms with E-state index in [4.69, 9.17) is 15.5 Å². The number of aliphatic carboxylic acids is 1. The van der Waals surface area contributed by atoms with Crippen molar-refractivity contribution in [1.29, 1.82) is 0 Å². The van der Waals surface area contributed by atoms with Gasteiger partial charge in [-0.3, -0.25) is 9.20 Å². The van der Waals surface area contributed by atoms with Gasteiger partial charge in [0, 0.05) is 23.9 Å². The number of carboxylic acids is 1. The number of carbonyl (C=O) groups is 1. The molecule has 33 heavy (non-hydrogen) atoms. The Bertz CT molecular complexity index is 1300. The second kappa shape index (κ2) is 8.24. The first kappa shape index (κ1) is 21.0. The Kier molecular flexibility index (Phi) is 5.24. The van der Waals surface area contributed by atoms with Crippen LogP contribution < -0.4 is 10.5 Å². The van der Waals surface area contributed by atoms with Crippen LogP contribution in [0.2, 0.25) is 0 Å². The normalized spacial score (nSPS) is 20.6. The maximum atomic E-state index is 11.9. The lowest BCUT2D eigenvalue weighted by molar-refractivity contribution is -0.150. The predicted molar refractivity (Wildman–Crippen MR) is 126 cm³/mol. The molecule has 168 valence electrons. The number of carboxylic acid groups (broad SMARTS) is 1. The summed E-state index contributed by atoms with van der Waals surface area (Å²) in [5.74, 6) is 2.02. The molecular weight excluding hydrogens is 416 g/mol. The Hall–Kier alpha value is -3.87. The van der Waals surface area contributed by atoms with Crippen molar-refractivity contribution in [3.8, 4) is 22.8 Å². The molecule has 4 aromatic rings. The van der Waals surface area contributed by atoms with E-state index in [0.717, 1.165) is 46.9 Å². The van der Waals surface area contributed by atoms with Crippen LogP contribution in [-0.4, -0.2) is 25.4 Å². The average Bonchev–Trinajstić information content (AvgIpc) is 3.21. The van der Waals surface area contributed by atoms with Gasteiger partial charge < -0.3 is 15.6 Å². The third kappa shape index (κ3) is 3.91. The first-order valence-corrected chi connectivity index (χ1v) is 11.1. The van der Waals surface area contributed by atoms with Gasteiger partial charge in [0.25, 0.3) is 0 Å². The van der Waals surface area contributed by atoms with Crippen LogP contribution >= 0.6 is 0 Å². The first-order valence-electron chi connectivity index (χ1n) is 11.1. The lowest BCUT2D eigenvalue weighted by Crippen LogP contribution is -2.33. The molecule has 0 unspecified atom stereocenters. The molecule has 0 aliphatic heterocycles. The van der Waals surface area contributed by atoms with Crippen LogP contribution in [0.5, 0.6) is 11.5 Å². The van der Waals surface area contributed by atoms with Crippen LogP contribution in [0.1, 0.15) is 44.3 Å². The summed E-state index contributed by atoms with van der Waals surface area (Å²) in [6, 6.07) is 17.3. The third-order valence-electron chi connectivity index (χ3n) is 6.58. The molecular formula is C26H26N4O3. The number of ether oxygens (including phenoxy) is 1. The lowest BCUT2D eigenvalue weighted by atomic mass is 9.70. The fourth-order valence-corrected chi connectivity index (χ4v) is 4.78. The van der Waals surface area contributed by atoms with Gasteiger partial charge in [-0.05, 0) is 62.6 Å². The van der Waals surface area contributed by atoms with Gasteiger partial charge in [-0.15, -0.1) is 0 Å². The van der Waals surface area contributed by atoms with Crippen molar-refractivity contribution in [3.63, 3.8) is 0 Å². The molecule has 2 aromatic heterocycles. The number of fused-ring (bicyclic) bond motifs is 1. The minimum atomic E-state index is -0.747. The highest BCUT2D eigenvalue weighted by atomic mass is 16.5. The lowest BCUT2D eigenvalue weighted by Gasteiger charge is -2.34. The minimum Gasteiger partial charge on any atom is -0.481 e. The van der Waals surface area contributed by atoms with E-state index in [1.165, 1.54) is 0 Å². The number of benzene rings is 2. The molecule has 7 nitrogen and oxygen atoms in total. The van der Waals surface area contributed by atoms with E-state index >= 15 is 0 Å². The summed E-state index contributed by atoms with van der Waals surface area (Å²) < 4.78 is 7.88. The number of nitrogens with zero attached hydrogens (tertiary/aromatic N) is 3. The van der Waals surface area contributed by atoms with E-state index in [1.807, 2.05) is 72.1 Å². The van der Waals surface area contributed by atoms with Crippen molar-refractivity contribution < 1.29 is 14.6 Å². The molecule has 0 saturated heterocycles. The highest BCUT2D eigenvalue weighted by molar-refractivity contribution is 5.85. The quantitative estimate of drug-likeness (QED) is 0.422. The van der Waals surface area contributed by atoms with Gasteiger partial charge in [-0.25, -0.2) is 9.97 Å². The second-order valence-corrected chi connectivity index (χ2v) is 8.95. The number of hydrogen-bond acceptors (Lipinski definition) is 5. The van der Waals surface area contributed by atoms with E-state index < -0.39 is 11.4 Å². The molecule has 2 aromatic carbocycles. The Morgan fingerprint density at radius 2 is 1.88 bits per heavy atom. The molecule has 2 heterocycles. The first-order chi connectivity index (χ1) is 15.9. The summed E-state index contributed by atoms with van der Waals surface area (Å²) in [4.78, 5) is 21.2. The molecule has 1 saturated carbocycles. The molecule has 5 rings (SSSR count). The molecule has 1 aliphatic rings. The highest BCUT2D eigenvalue weighted by Crippen LogP contribution is 2.45. The summed E-state index contributed by atoms with van der Waals surface area (Å²) in [5.41, 5.74) is 7.92. The molecule has 1 fully saturated rings. The topological polar surface area (TPSA) is 103 Å². The molecule has 0 spiro atoms. The Morgan fingerprint density at radius 3 is 2.61 bits per heavy atom. The van der Waals surface area contributed by atoms with Gasteiger partial charge in [0.1, 0.15) is 34.4 Å². The molecule has 0 bridgehead atoms. The number of aromatic nitrogens is 3. The summed E-state index contributed by atoms with van der Waals surface area (Å²) in [5, 5.41) is 9.77. The van der Waals surface area contributed by atoms with Crippen LogP contribution in [0.4, 0.5) is 5.82 Å². The Labute approximate surface area is 191 Å². The Morgan fingerprint density at radius 1 is 1.15 bits per heavy atom. The number of imidazole rings is 1. The van der Waals surface area contributed by atoms with Gasteiger partial charge in [0.05, 0.1) is 5.41 Å². The van der Waals surface area contributed by atoms with Crippen molar-refractivity contribution in [2.45, 2.75) is 38.5 Å². The monoisotopic (exact) mass is 442 g/mol. The van der Waals surface area contributed by atoms with E-state index in [2.05, 4.69) is 4.98 Å². The van der Waals surface area contributed by atoms with Crippen LogP contribution in [0.15, 0.2) is 67.0 Å². The second-order valence-electron chi connectivity index (χ2n) is 8.95. The zero-order valence-corrected chi connectivity index (χ0v) is 18.4. The largest absolute Gasteiger partial charge is 0.481 e. The molecule has 0 radical (unpaired) electrons. The fourth-order valence-electron chi connectivity index (χ4n) is 4.78. The number of nitrogen functional groups attached to an aromatic ring is 1. The number of rotatable bonds is 5. The molecule has 0 amide bonds. The predicted octanol–water partition coefficient (Wildman–Crippen LogP) is 5.52. The summed E-state index contributed by atoms with van der Waals surface area (Å²) in [6.07, 6.45) is 6.50. The number of nitrogens with two attached hydrogens (primary N) is 1. The molecule has 3 N–H and O–H groups in total. The van der Waals surface area contributed by atoms with Crippen molar-refractivity contribution >= 4 is 17.3 Å². The smallest absolute Gasteiger partial charge is 0.309 e. The molecule has 1 aliphatic carbocycles. The molecule has 7 heteroatoms. The highest BCUT2D eigenvalue weighted by Gasteiger charge is 2.40. The van der Waals surface area contributed by atoms with E-state index in [1.54, 1.807) is 6.20 Å². The van der Waals surface area contributed by atoms with Crippen molar-refractivity contribution in [1.82, 2.24) is 14.4 Å². The minimum absolute atomic E-state index is 0.0311. The van der Waals surface area contributed by atoms with Gasteiger partial charge in [0.2, 0.25) is 0 Å². The summed E-state index contributed by atoms with van der Waals surface area (Å²) in [7, 11) is 0. The van der Waals surface area contributed by atoms with Crippen LogP contribution in [-0.2, 0) is 4.79 Å². The number of para-hydroxylation sites is 1. The standard InChI is InChI=1S/C26H26N4O3/c1-26(25(31)32)13-5-6-18(16-26)24-29-21(22-23(27)28-14-15-30(22)24)17-9-11-20(12-10-17)33-19-7-3-2-4-8-19/h2-4,7-12,14-15,18H,5-6,13,16H2,1H3,(H2,27,28)(H,31,32)/t18-,26+/m1/s1. The zero-order chi connectivity index (χ0) is 23.0. The molecule has 2 atom stereocenters. The van der Waals surface area contributed by atoms with Gasteiger partial charge >= 0.3 is 5.97 Å². The van der Waals surface area contributed by atoms with Gasteiger partial charge in [-0.2, -0.15) is 0 Å². The van der Waals surface area contributed by atoms with Crippen LogP contribution in [0.3, 0.4) is 0 Å². The van der Waals surface area contributed by atoms with Crippen LogP contribution in [0.25, 0.3) is 16.8 Å². The fraction of sp³-hybridized carbons (Fsp3) is 0.269. The van der Waals surface area contributed by atoms with E-state index in [-0.39, 0.29) is 5.92 Å². The SMILES string of the molecule is C[C@]1(C(=O)O)CCC[C@@H](c2nc(-c3ccc(Oc4ccccc4)cc3)c3c(N)nccn23)C1. The van der Waals surface area contributed by atoms with Crippen molar-refractivity contribution in [3.05, 3.63) is 72.8 Å². The summed E-state index contributed by atoms with van der Waals surface area (Å²) >= 11 is 0. The summed E-state index contributed by atoms with van der Waals surface area (Å²) in [6.45, 7) is 1.83. The third-order valence-corrected chi connectivity index (χ3v) is 6.58. The van der Waals surface area contributed by atoms with Crippen molar-refractivity contribution in [2.75, 3.05) is 5.73 Å². The number of hydrogen-bond donors (Lipinski definition) is 2. The zero-order valence-electron chi connectivity index (χ0n) is 18.4. The maximum Gasteiger partial charge on any atom is 0.309 e. The maximum absolute atomic E-state index is 11.9. The van der Waals surface area contributed by atoms with Crippen molar-refractivity contribution in [2.24, 2.45) is 5.41 Å². The Balaban J connectivity index is 1.52. The van der Waals surface area contributed by atoms with E-state index in [0.29, 0.717) is 18.7 Å². The van der Waals surface area contributed by atoms with Gasteiger partial charge in [0.15, 0.2) is 0 Å². The average molecular weight is 443 g/mol. The van der Waals surface area contributed by atoms with Gasteiger partial charge in [-0.1, -0.05) is 24.6 Å².